The molecule has 1 aromatic carbocycles. The summed E-state index contributed by atoms with van der Waals surface area (Å²) in [6, 6.07) is 2.92. The molecule has 0 aliphatic carbocycles. The molecule has 0 saturated heterocycles. The highest BCUT2D eigenvalue weighted by atomic mass is 35.5. The van der Waals surface area contributed by atoms with E-state index < -0.39 is 5.97 Å². The van der Waals surface area contributed by atoms with Gasteiger partial charge in [0.1, 0.15) is 0 Å². The quantitative estimate of drug-likeness (QED) is 0.511. The first-order valence-electron chi connectivity index (χ1n) is 4.97. The predicted octanol–water partition coefficient (Wildman–Crippen LogP) is 2.77. The zero-order valence-corrected chi connectivity index (χ0v) is 10.8. The second-order valence-corrected chi connectivity index (χ2v) is 4.13. The normalized spacial score (nSPS) is 10.3. The Balaban J connectivity index is 2.69. The Morgan fingerprint density at radius 1 is 1.35 bits per heavy atom. The number of anilines is 1. The van der Waals surface area contributed by atoms with Crippen LogP contribution >= 0.6 is 23.2 Å². The number of halogens is 2. The van der Waals surface area contributed by atoms with E-state index in [4.69, 9.17) is 38.4 Å². The van der Waals surface area contributed by atoms with Crippen LogP contribution in [0, 0.1) is 0 Å². The van der Waals surface area contributed by atoms with E-state index in [2.05, 4.69) is 0 Å². The van der Waals surface area contributed by atoms with E-state index in [-0.39, 0.29) is 22.2 Å². The topological polar surface area (TPSA) is 61.5 Å². The molecule has 0 amide bonds. The van der Waals surface area contributed by atoms with Gasteiger partial charge in [0.15, 0.2) is 0 Å². The van der Waals surface area contributed by atoms with Crippen LogP contribution in [-0.4, -0.2) is 26.3 Å². The van der Waals surface area contributed by atoms with Gasteiger partial charge >= 0.3 is 5.97 Å². The molecule has 94 valence electrons. The number of carbonyl (C=O) groups excluding carboxylic acids is 1. The smallest absolute Gasteiger partial charge is 0.339 e. The van der Waals surface area contributed by atoms with Crippen LogP contribution in [0.4, 0.5) is 5.69 Å². The minimum Gasteiger partial charge on any atom is -0.462 e. The lowest BCUT2D eigenvalue weighted by atomic mass is 10.2. The summed E-state index contributed by atoms with van der Waals surface area (Å²) in [6.45, 7) is 0.786. The third-order valence-electron chi connectivity index (χ3n) is 2.00. The van der Waals surface area contributed by atoms with E-state index in [0.29, 0.717) is 18.7 Å². The summed E-state index contributed by atoms with van der Waals surface area (Å²) in [7, 11) is 1.58. The summed E-state index contributed by atoms with van der Waals surface area (Å²) < 4.78 is 9.84. The molecular formula is C11H13Cl2NO3. The number of rotatable bonds is 5. The fourth-order valence-corrected chi connectivity index (χ4v) is 1.62. The number of nitrogen functional groups attached to an aromatic ring is 1. The molecule has 0 heterocycles. The molecule has 2 N–H and O–H groups in total. The molecule has 0 radical (unpaired) electrons. The Labute approximate surface area is 110 Å². The maximum atomic E-state index is 11.7. The summed E-state index contributed by atoms with van der Waals surface area (Å²) in [4.78, 5) is 11.7. The molecule has 0 atom stereocenters. The largest absolute Gasteiger partial charge is 0.462 e. The molecule has 0 aromatic heterocycles. The van der Waals surface area contributed by atoms with E-state index in [1.165, 1.54) is 12.1 Å². The lowest BCUT2D eigenvalue weighted by Crippen LogP contribution is -2.09. The molecule has 4 nitrogen and oxygen atoms in total. The Kier molecular flexibility index (Phi) is 5.55. The standard InChI is InChI=1S/C11H13Cl2NO3/c1-16-3-2-4-17-11(15)8-5-7(14)6-9(12)10(8)13/h5-6H,2-4,14H2,1H3. The first kappa shape index (κ1) is 14.1. The summed E-state index contributed by atoms with van der Waals surface area (Å²) >= 11 is 11.7. The molecule has 6 heteroatoms. The molecule has 0 aliphatic rings. The van der Waals surface area contributed by atoms with Crippen molar-refractivity contribution in [2.75, 3.05) is 26.1 Å². The van der Waals surface area contributed by atoms with Crippen molar-refractivity contribution in [1.29, 1.82) is 0 Å². The summed E-state index contributed by atoms with van der Waals surface area (Å²) in [6.07, 6.45) is 0.621. The van der Waals surface area contributed by atoms with Crippen LogP contribution in [0.3, 0.4) is 0 Å². The predicted molar refractivity (Wildman–Crippen MR) is 67.6 cm³/mol. The lowest BCUT2D eigenvalue weighted by Gasteiger charge is -2.08. The Morgan fingerprint density at radius 3 is 2.71 bits per heavy atom. The van der Waals surface area contributed by atoms with Crippen molar-refractivity contribution in [2.45, 2.75) is 6.42 Å². The Bertz CT molecular complexity index is 410. The molecule has 0 aliphatic heterocycles. The Morgan fingerprint density at radius 2 is 2.06 bits per heavy atom. The second-order valence-electron chi connectivity index (χ2n) is 3.35. The van der Waals surface area contributed by atoms with Gasteiger partial charge in [-0.05, 0) is 12.1 Å². The van der Waals surface area contributed by atoms with Crippen molar-refractivity contribution < 1.29 is 14.3 Å². The second kappa shape index (κ2) is 6.69. The van der Waals surface area contributed by atoms with Crippen molar-refractivity contribution in [1.82, 2.24) is 0 Å². The van der Waals surface area contributed by atoms with Crippen LogP contribution in [-0.2, 0) is 9.47 Å². The number of methoxy groups -OCH3 is 1. The van der Waals surface area contributed by atoms with E-state index in [1.807, 2.05) is 0 Å². The Hall–Kier alpha value is -0.970. The van der Waals surface area contributed by atoms with Gasteiger partial charge in [-0.15, -0.1) is 0 Å². The number of benzene rings is 1. The highest BCUT2D eigenvalue weighted by Crippen LogP contribution is 2.29. The van der Waals surface area contributed by atoms with Gasteiger partial charge in [-0.2, -0.15) is 0 Å². The van der Waals surface area contributed by atoms with Crippen LogP contribution in [0.5, 0.6) is 0 Å². The third kappa shape index (κ3) is 4.07. The highest BCUT2D eigenvalue weighted by Gasteiger charge is 2.15. The molecule has 0 fully saturated rings. The molecule has 0 bridgehead atoms. The summed E-state index contributed by atoms with van der Waals surface area (Å²) in [5, 5.41) is 0.383. The average Bonchev–Trinajstić information content (AvgIpc) is 2.29. The molecule has 0 unspecified atom stereocenters. The van der Waals surface area contributed by atoms with E-state index in [9.17, 15) is 4.79 Å². The zero-order valence-electron chi connectivity index (χ0n) is 9.33. The number of hydrogen-bond acceptors (Lipinski definition) is 4. The molecule has 0 spiro atoms. The van der Waals surface area contributed by atoms with E-state index in [0.717, 1.165) is 0 Å². The van der Waals surface area contributed by atoms with Gasteiger partial charge in [0.25, 0.3) is 0 Å². The minimum atomic E-state index is -0.541. The van der Waals surface area contributed by atoms with Gasteiger partial charge in [-0.1, -0.05) is 23.2 Å². The van der Waals surface area contributed by atoms with Crippen LogP contribution in [0.15, 0.2) is 12.1 Å². The van der Waals surface area contributed by atoms with Crippen LogP contribution in [0.1, 0.15) is 16.8 Å². The van der Waals surface area contributed by atoms with Crippen molar-refractivity contribution in [2.24, 2.45) is 0 Å². The zero-order chi connectivity index (χ0) is 12.8. The van der Waals surface area contributed by atoms with Gasteiger partial charge in [0, 0.05) is 25.8 Å². The molecule has 0 saturated carbocycles. The van der Waals surface area contributed by atoms with Gasteiger partial charge < -0.3 is 15.2 Å². The average molecular weight is 278 g/mol. The first-order chi connectivity index (χ1) is 8.06. The highest BCUT2D eigenvalue weighted by molar-refractivity contribution is 6.44. The molecular weight excluding hydrogens is 265 g/mol. The monoisotopic (exact) mass is 277 g/mol. The van der Waals surface area contributed by atoms with Crippen molar-refractivity contribution in [3.8, 4) is 0 Å². The minimum absolute atomic E-state index is 0.151. The first-order valence-corrected chi connectivity index (χ1v) is 5.72. The number of carbonyl (C=O) groups is 1. The van der Waals surface area contributed by atoms with Gasteiger partial charge in [-0.3, -0.25) is 0 Å². The van der Waals surface area contributed by atoms with Crippen LogP contribution < -0.4 is 5.73 Å². The van der Waals surface area contributed by atoms with Crippen LogP contribution in [0.2, 0.25) is 10.0 Å². The summed E-state index contributed by atoms with van der Waals surface area (Å²) in [5.41, 5.74) is 6.11. The molecule has 1 rings (SSSR count). The number of nitrogens with two attached hydrogens (primary N) is 1. The number of esters is 1. The van der Waals surface area contributed by atoms with Gasteiger partial charge in [0.05, 0.1) is 22.2 Å². The number of hydrogen-bond donors (Lipinski definition) is 1. The number of ether oxygens (including phenoxy) is 2. The molecule has 1 aromatic rings. The fourth-order valence-electron chi connectivity index (χ4n) is 1.20. The molecule has 17 heavy (non-hydrogen) atoms. The van der Waals surface area contributed by atoms with Crippen molar-refractivity contribution >= 4 is 34.9 Å². The lowest BCUT2D eigenvalue weighted by molar-refractivity contribution is 0.0468. The maximum absolute atomic E-state index is 11.7. The third-order valence-corrected chi connectivity index (χ3v) is 2.80. The van der Waals surface area contributed by atoms with Crippen LogP contribution in [0.25, 0.3) is 0 Å². The van der Waals surface area contributed by atoms with Crippen molar-refractivity contribution in [3.63, 3.8) is 0 Å². The van der Waals surface area contributed by atoms with E-state index in [1.54, 1.807) is 7.11 Å². The SMILES string of the molecule is COCCCOC(=O)c1cc(N)cc(Cl)c1Cl. The summed E-state index contributed by atoms with van der Waals surface area (Å²) in [5.74, 6) is -0.541. The van der Waals surface area contributed by atoms with Gasteiger partial charge in [-0.25, -0.2) is 4.79 Å². The maximum Gasteiger partial charge on any atom is 0.339 e. The fraction of sp³-hybridized carbons (Fsp3) is 0.364. The van der Waals surface area contributed by atoms with Gasteiger partial charge in [0.2, 0.25) is 0 Å². The van der Waals surface area contributed by atoms with Crippen molar-refractivity contribution in [3.05, 3.63) is 27.7 Å². The van der Waals surface area contributed by atoms with E-state index >= 15 is 0 Å².